The third-order valence-corrected chi connectivity index (χ3v) is 2.16. The molecular formula is C8H12N6O2. The number of ether oxygens (including phenoxy) is 1. The number of primary amides is 1. The van der Waals surface area contributed by atoms with Crippen LogP contribution in [-0.2, 0) is 4.74 Å². The van der Waals surface area contributed by atoms with Crippen LogP contribution >= 0.6 is 0 Å². The molecule has 0 bridgehead atoms. The van der Waals surface area contributed by atoms with E-state index in [2.05, 4.69) is 15.0 Å². The van der Waals surface area contributed by atoms with E-state index < -0.39 is 5.91 Å². The highest BCUT2D eigenvalue weighted by Crippen LogP contribution is 2.10. The molecule has 4 N–H and O–H groups in total. The molecule has 1 aromatic rings. The molecule has 16 heavy (non-hydrogen) atoms. The van der Waals surface area contributed by atoms with Crippen LogP contribution in [-0.4, -0.2) is 47.2 Å². The van der Waals surface area contributed by atoms with E-state index in [-0.39, 0.29) is 11.8 Å². The smallest absolute Gasteiger partial charge is 0.286 e. The lowest BCUT2D eigenvalue weighted by Crippen LogP contribution is -2.38. The fourth-order valence-corrected chi connectivity index (χ4v) is 1.40. The Morgan fingerprint density at radius 3 is 2.56 bits per heavy atom. The summed E-state index contributed by atoms with van der Waals surface area (Å²) in [5, 5.41) is 0. The second-order valence-corrected chi connectivity index (χ2v) is 3.28. The molecule has 86 valence electrons. The number of anilines is 2. The van der Waals surface area contributed by atoms with Gasteiger partial charge in [-0.05, 0) is 0 Å². The van der Waals surface area contributed by atoms with Crippen molar-refractivity contribution in [2.24, 2.45) is 5.73 Å². The fourth-order valence-electron chi connectivity index (χ4n) is 1.40. The number of nitrogens with two attached hydrogens (primary N) is 2. The third kappa shape index (κ3) is 2.16. The Morgan fingerprint density at radius 1 is 1.25 bits per heavy atom. The minimum absolute atomic E-state index is 0.00899. The van der Waals surface area contributed by atoms with E-state index in [0.717, 1.165) is 0 Å². The van der Waals surface area contributed by atoms with Gasteiger partial charge >= 0.3 is 0 Å². The molecule has 2 rings (SSSR count). The first-order chi connectivity index (χ1) is 7.66. The van der Waals surface area contributed by atoms with Crippen LogP contribution in [0.4, 0.5) is 11.9 Å². The van der Waals surface area contributed by atoms with Crippen molar-refractivity contribution in [3.8, 4) is 0 Å². The molecule has 0 radical (unpaired) electrons. The van der Waals surface area contributed by atoms with Gasteiger partial charge in [-0.1, -0.05) is 0 Å². The molecule has 0 aromatic carbocycles. The van der Waals surface area contributed by atoms with Crippen LogP contribution in [0.15, 0.2) is 0 Å². The van der Waals surface area contributed by atoms with Gasteiger partial charge in [-0.3, -0.25) is 4.79 Å². The highest BCUT2D eigenvalue weighted by Gasteiger charge is 2.17. The van der Waals surface area contributed by atoms with Crippen molar-refractivity contribution >= 4 is 17.8 Å². The Bertz CT molecular complexity index is 404. The average molecular weight is 224 g/mol. The summed E-state index contributed by atoms with van der Waals surface area (Å²) in [6.07, 6.45) is 0. The van der Waals surface area contributed by atoms with E-state index in [1.165, 1.54) is 0 Å². The van der Waals surface area contributed by atoms with E-state index in [1.54, 1.807) is 0 Å². The van der Waals surface area contributed by atoms with E-state index in [9.17, 15) is 4.79 Å². The standard InChI is InChI=1S/C8H12N6O2/c9-5(15)6-11-7(10)13-8(12-6)14-1-3-16-4-2-14/h1-4H2,(H2,9,15)(H2,10,11,12,13). The van der Waals surface area contributed by atoms with E-state index in [4.69, 9.17) is 16.2 Å². The zero-order valence-corrected chi connectivity index (χ0v) is 8.59. The monoisotopic (exact) mass is 224 g/mol. The van der Waals surface area contributed by atoms with Crippen LogP contribution in [0.5, 0.6) is 0 Å². The quantitative estimate of drug-likeness (QED) is 0.619. The number of carbonyl (C=O) groups is 1. The molecule has 1 aliphatic heterocycles. The van der Waals surface area contributed by atoms with Gasteiger partial charge in [0.05, 0.1) is 13.2 Å². The Balaban J connectivity index is 2.28. The summed E-state index contributed by atoms with van der Waals surface area (Å²) in [7, 11) is 0. The number of nitrogens with zero attached hydrogens (tertiary/aromatic N) is 4. The van der Waals surface area contributed by atoms with E-state index in [0.29, 0.717) is 32.3 Å². The van der Waals surface area contributed by atoms with Crippen LogP contribution in [0.2, 0.25) is 0 Å². The number of amides is 1. The molecule has 1 saturated heterocycles. The minimum atomic E-state index is -0.719. The number of hydrogen-bond acceptors (Lipinski definition) is 7. The predicted molar refractivity (Wildman–Crippen MR) is 55.8 cm³/mol. The predicted octanol–water partition coefficient (Wildman–Crippen LogP) is -1.61. The molecule has 8 heteroatoms. The molecule has 0 unspecified atom stereocenters. The number of aromatic nitrogens is 3. The molecule has 8 nitrogen and oxygen atoms in total. The maximum Gasteiger partial charge on any atom is 0.286 e. The van der Waals surface area contributed by atoms with Gasteiger partial charge in [-0.2, -0.15) is 15.0 Å². The van der Waals surface area contributed by atoms with Crippen LogP contribution in [0.25, 0.3) is 0 Å². The van der Waals surface area contributed by atoms with Crippen LogP contribution in [0, 0.1) is 0 Å². The zero-order valence-electron chi connectivity index (χ0n) is 8.59. The first-order valence-corrected chi connectivity index (χ1v) is 4.81. The number of hydrogen-bond donors (Lipinski definition) is 2. The van der Waals surface area contributed by atoms with E-state index in [1.807, 2.05) is 4.90 Å². The maximum atomic E-state index is 11.0. The van der Waals surface area contributed by atoms with Crippen molar-refractivity contribution in [3.05, 3.63) is 5.82 Å². The second kappa shape index (κ2) is 4.27. The number of rotatable bonds is 2. The topological polar surface area (TPSA) is 120 Å². The minimum Gasteiger partial charge on any atom is -0.378 e. The first-order valence-electron chi connectivity index (χ1n) is 4.81. The SMILES string of the molecule is NC(=O)c1nc(N)nc(N2CCOCC2)n1. The lowest BCUT2D eigenvalue weighted by Gasteiger charge is -2.26. The first kappa shape index (κ1) is 10.6. The highest BCUT2D eigenvalue weighted by molar-refractivity contribution is 5.89. The number of morpholine rings is 1. The van der Waals surface area contributed by atoms with Gasteiger partial charge in [-0.15, -0.1) is 0 Å². The van der Waals surface area contributed by atoms with Crippen molar-refractivity contribution in [1.82, 2.24) is 15.0 Å². The molecule has 0 spiro atoms. The molecule has 0 aliphatic carbocycles. The summed E-state index contributed by atoms with van der Waals surface area (Å²) in [5.41, 5.74) is 10.6. The van der Waals surface area contributed by atoms with Gasteiger partial charge in [0.1, 0.15) is 0 Å². The Morgan fingerprint density at radius 2 is 1.94 bits per heavy atom. The van der Waals surface area contributed by atoms with E-state index >= 15 is 0 Å². The van der Waals surface area contributed by atoms with Crippen molar-refractivity contribution in [2.45, 2.75) is 0 Å². The normalized spacial score (nSPS) is 16.1. The zero-order chi connectivity index (χ0) is 11.5. The van der Waals surface area contributed by atoms with Crippen molar-refractivity contribution in [3.63, 3.8) is 0 Å². The molecular weight excluding hydrogens is 212 g/mol. The maximum absolute atomic E-state index is 11.0. The molecule has 1 aromatic heterocycles. The van der Waals surface area contributed by atoms with Gasteiger partial charge in [-0.25, -0.2) is 0 Å². The summed E-state index contributed by atoms with van der Waals surface area (Å²) in [5.74, 6) is -0.479. The summed E-state index contributed by atoms with van der Waals surface area (Å²) in [6.45, 7) is 2.50. The van der Waals surface area contributed by atoms with Gasteiger partial charge in [0, 0.05) is 13.1 Å². The molecule has 2 heterocycles. The van der Waals surface area contributed by atoms with Crippen molar-refractivity contribution in [1.29, 1.82) is 0 Å². The van der Waals surface area contributed by atoms with Gasteiger partial charge in [0.15, 0.2) is 0 Å². The Labute approximate surface area is 91.6 Å². The average Bonchev–Trinajstić information content (AvgIpc) is 2.29. The number of nitrogen functional groups attached to an aromatic ring is 1. The summed E-state index contributed by atoms with van der Waals surface area (Å²) < 4.78 is 5.19. The fraction of sp³-hybridized carbons (Fsp3) is 0.500. The van der Waals surface area contributed by atoms with Crippen LogP contribution < -0.4 is 16.4 Å². The lowest BCUT2D eigenvalue weighted by atomic mass is 10.4. The van der Waals surface area contributed by atoms with Crippen molar-refractivity contribution < 1.29 is 9.53 Å². The molecule has 1 fully saturated rings. The lowest BCUT2D eigenvalue weighted by molar-refractivity contribution is 0.0990. The van der Waals surface area contributed by atoms with Crippen LogP contribution in [0.3, 0.4) is 0 Å². The molecule has 1 aliphatic rings. The Kier molecular flexibility index (Phi) is 2.82. The Hall–Kier alpha value is -1.96. The summed E-state index contributed by atoms with van der Waals surface area (Å²) >= 11 is 0. The van der Waals surface area contributed by atoms with Gasteiger partial charge < -0.3 is 21.1 Å². The second-order valence-electron chi connectivity index (χ2n) is 3.28. The summed E-state index contributed by atoms with van der Waals surface area (Å²) in [6, 6.07) is 0. The number of carbonyl (C=O) groups excluding carboxylic acids is 1. The third-order valence-electron chi connectivity index (χ3n) is 2.16. The summed E-state index contributed by atoms with van der Waals surface area (Å²) in [4.78, 5) is 24.4. The molecule has 1 amide bonds. The molecule has 0 atom stereocenters. The molecule has 0 saturated carbocycles. The highest BCUT2D eigenvalue weighted by atomic mass is 16.5. The van der Waals surface area contributed by atoms with Gasteiger partial charge in [0.2, 0.25) is 17.7 Å². The van der Waals surface area contributed by atoms with Gasteiger partial charge in [0.25, 0.3) is 5.91 Å². The largest absolute Gasteiger partial charge is 0.378 e. The van der Waals surface area contributed by atoms with Crippen LogP contribution in [0.1, 0.15) is 10.6 Å². The van der Waals surface area contributed by atoms with Crippen molar-refractivity contribution in [2.75, 3.05) is 36.9 Å².